The molecule has 90 valence electrons. The molecule has 1 heterocycles. The van der Waals surface area contributed by atoms with Crippen molar-refractivity contribution in [3.63, 3.8) is 0 Å². The highest BCUT2D eigenvalue weighted by atomic mass is 35.5. The molecule has 2 atom stereocenters. The molecule has 2 aliphatic rings. The summed E-state index contributed by atoms with van der Waals surface area (Å²) in [4.78, 5) is 13.7. The van der Waals surface area contributed by atoms with Crippen LogP contribution in [0.25, 0.3) is 0 Å². The van der Waals surface area contributed by atoms with Crippen LogP contribution in [-0.2, 0) is 11.2 Å². The maximum Gasteiger partial charge on any atom is 0.222 e. The second-order valence-electron chi connectivity index (χ2n) is 5.10. The van der Waals surface area contributed by atoms with Crippen LogP contribution in [-0.4, -0.2) is 23.9 Å². The molecule has 0 radical (unpaired) electrons. The maximum absolute atomic E-state index is 11.7. The van der Waals surface area contributed by atoms with Crippen molar-refractivity contribution < 1.29 is 4.79 Å². The van der Waals surface area contributed by atoms with Gasteiger partial charge in [-0.1, -0.05) is 17.7 Å². The monoisotopic (exact) mass is 249 g/mol. The fraction of sp³-hybridized carbons (Fsp3) is 0.500. The van der Waals surface area contributed by atoms with Crippen LogP contribution in [0.15, 0.2) is 18.2 Å². The number of carbonyl (C=O) groups excluding carboxylic acids is 1. The van der Waals surface area contributed by atoms with Gasteiger partial charge in [0.05, 0.1) is 0 Å². The number of fused-ring (bicyclic) bond motifs is 3. The van der Waals surface area contributed by atoms with Gasteiger partial charge in [-0.05, 0) is 42.5 Å². The second kappa shape index (κ2) is 4.02. The summed E-state index contributed by atoms with van der Waals surface area (Å²) in [6.45, 7) is 0. The number of benzene rings is 1. The van der Waals surface area contributed by atoms with Crippen molar-refractivity contribution in [3.8, 4) is 0 Å². The zero-order valence-corrected chi connectivity index (χ0v) is 10.7. The molecule has 3 heteroatoms. The van der Waals surface area contributed by atoms with Gasteiger partial charge in [0.25, 0.3) is 0 Å². The average molecular weight is 250 g/mol. The number of likely N-dealkylation sites (tertiary alicyclic amines) is 1. The maximum atomic E-state index is 11.7. The van der Waals surface area contributed by atoms with Gasteiger partial charge in [-0.3, -0.25) is 4.79 Å². The SMILES string of the molecule is CN1C(=O)CC[C@H]2c3cc(Cl)ccc3CC[C@@H]21. The lowest BCUT2D eigenvalue weighted by atomic mass is 9.74. The lowest BCUT2D eigenvalue weighted by Gasteiger charge is -2.43. The number of hydrogen-bond donors (Lipinski definition) is 0. The van der Waals surface area contributed by atoms with Gasteiger partial charge in [0.2, 0.25) is 5.91 Å². The van der Waals surface area contributed by atoms with Gasteiger partial charge >= 0.3 is 0 Å². The molecule has 0 N–H and O–H groups in total. The topological polar surface area (TPSA) is 20.3 Å². The van der Waals surface area contributed by atoms with E-state index in [0.29, 0.717) is 18.4 Å². The molecule has 1 aliphatic carbocycles. The minimum atomic E-state index is 0.289. The van der Waals surface area contributed by atoms with Crippen LogP contribution in [0.1, 0.15) is 36.3 Å². The van der Waals surface area contributed by atoms with E-state index in [2.05, 4.69) is 12.1 Å². The van der Waals surface area contributed by atoms with Crippen molar-refractivity contribution >= 4 is 17.5 Å². The quantitative estimate of drug-likeness (QED) is 0.692. The molecule has 0 spiro atoms. The van der Waals surface area contributed by atoms with Crippen LogP contribution in [0.5, 0.6) is 0 Å². The number of rotatable bonds is 0. The Labute approximate surface area is 107 Å². The standard InChI is InChI=1S/C14H16ClNO/c1-16-13-6-3-9-2-4-10(15)8-12(9)11(13)5-7-14(16)17/h2,4,8,11,13H,3,5-7H2,1H3/t11-,13-/m0/s1. The lowest BCUT2D eigenvalue weighted by Crippen LogP contribution is -2.47. The molecule has 1 aromatic rings. The molecule has 1 aromatic carbocycles. The molecule has 1 amide bonds. The zero-order chi connectivity index (χ0) is 12.0. The van der Waals surface area contributed by atoms with E-state index in [0.717, 1.165) is 24.3 Å². The highest BCUT2D eigenvalue weighted by molar-refractivity contribution is 6.30. The van der Waals surface area contributed by atoms with Gasteiger partial charge in [0, 0.05) is 30.5 Å². The van der Waals surface area contributed by atoms with Crippen LogP contribution >= 0.6 is 11.6 Å². The van der Waals surface area contributed by atoms with Crippen molar-refractivity contribution in [3.05, 3.63) is 34.3 Å². The van der Waals surface area contributed by atoms with E-state index in [9.17, 15) is 4.79 Å². The molecule has 1 saturated heterocycles. The van der Waals surface area contributed by atoms with Crippen molar-refractivity contribution in [1.82, 2.24) is 4.90 Å². The third-order valence-electron chi connectivity index (χ3n) is 4.24. The number of nitrogens with zero attached hydrogens (tertiary/aromatic N) is 1. The Kier molecular flexibility index (Phi) is 2.62. The summed E-state index contributed by atoms with van der Waals surface area (Å²) in [5, 5.41) is 0.809. The third-order valence-corrected chi connectivity index (χ3v) is 4.48. The molecule has 1 aliphatic heterocycles. The van der Waals surface area contributed by atoms with Crippen LogP contribution in [0.3, 0.4) is 0 Å². The first-order valence-corrected chi connectivity index (χ1v) is 6.58. The first-order chi connectivity index (χ1) is 8.16. The van der Waals surface area contributed by atoms with E-state index >= 15 is 0 Å². The minimum Gasteiger partial charge on any atom is -0.342 e. The van der Waals surface area contributed by atoms with E-state index in [1.165, 1.54) is 11.1 Å². The predicted octanol–water partition coefficient (Wildman–Crippen LogP) is 2.99. The summed E-state index contributed by atoms with van der Waals surface area (Å²) in [6, 6.07) is 6.59. The van der Waals surface area contributed by atoms with Crippen LogP contribution in [0.4, 0.5) is 0 Å². The fourth-order valence-corrected chi connectivity index (χ4v) is 3.48. The van der Waals surface area contributed by atoms with Crippen molar-refractivity contribution in [2.45, 2.75) is 37.6 Å². The Morgan fingerprint density at radius 2 is 2.12 bits per heavy atom. The Morgan fingerprint density at radius 1 is 1.29 bits per heavy atom. The summed E-state index contributed by atoms with van der Waals surface area (Å²) in [5.41, 5.74) is 2.78. The summed E-state index contributed by atoms with van der Waals surface area (Å²) in [6.07, 6.45) is 3.79. The number of halogens is 1. The predicted molar refractivity (Wildman–Crippen MR) is 68.3 cm³/mol. The third kappa shape index (κ3) is 1.75. The van der Waals surface area contributed by atoms with Gasteiger partial charge in [0.1, 0.15) is 0 Å². The minimum absolute atomic E-state index is 0.289. The Morgan fingerprint density at radius 3 is 2.94 bits per heavy atom. The number of likely N-dealkylation sites (N-methyl/N-ethyl adjacent to an activating group) is 1. The van der Waals surface area contributed by atoms with Crippen LogP contribution in [0, 0.1) is 0 Å². The molecule has 2 nitrogen and oxygen atoms in total. The number of piperidine rings is 1. The number of hydrogen-bond acceptors (Lipinski definition) is 1. The highest BCUT2D eigenvalue weighted by Gasteiger charge is 2.37. The summed E-state index contributed by atoms with van der Waals surface area (Å²) in [5.74, 6) is 0.775. The van der Waals surface area contributed by atoms with E-state index in [4.69, 9.17) is 11.6 Å². The number of amides is 1. The molecule has 0 unspecified atom stereocenters. The second-order valence-corrected chi connectivity index (χ2v) is 5.54. The van der Waals surface area contributed by atoms with Gasteiger partial charge in [-0.2, -0.15) is 0 Å². The highest BCUT2D eigenvalue weighted by Crippen LogP contribution is 2.41. The average Bonchev–Trinajstić information content (AvgIpc) is 2.33. The Bertz CT molecular complexity index is 471. The number of aryl methyl sites for hydroxylation is 1. The van der Waals surface area contributed by atoms with Crippen molar-refractivity contribution in [2.75, 3.05) is 7.05 Å². The number of carbonyl (C=O) groups is 1. The van der Waals surface area contributed by atoms with E-state index < -0.39 is 0 Å². The van der Waals surface area contributed by atoms with E-state index in [-0.39, 0.29) is 5.91 Å². The van der Waals surface area contributed by atoms with Crippen molar-refractivity contribution in [1.29, 1.82) is 0 Å². The smallest absolute Gasteiger partial charge is 0.222 e. The normalized spacial score (nSPS) is 27.6. The zero-order valence-electron chi connectivity index (χ0n) is 9.95. The van der Waals surface area contributed by atoms with Gasteiger partial charge in [0.15, 0.2) is 0 Å². The van der Waals surface area contributed by atoms with Crippen LogP contribution < -0.4 is 0 Å². The van der Waals surface area contributed by atoms with Crippen molar-refractivity contribution in [2.24, 2.45) is 0 Å². The fourth-order valence-electron chi connectivity index (χ4n) is 3.30. The molecule has 0 saturated carbocycles. The molecule has 0 bridgehead atoms. The van der Waals surface area contributed by atoms with E-state index in [1.54, 1.807) is 0 Å². The summed E-state index contributed by atoms with van der Waals surface area (Å²) >= 11 is 6.09. The lowest BCUT2D eigenvalue weighted by molar-refractivity contribution is -0.135. The molecular formula is C14H16ClNO. The van der Waals surface area contributed by atoms with Gasteiger partial charge < -0.3 is 4.90 Å². The Hall–Kier alpha value is -1.02. The largest absolute Gasteiger partial charge is 0.342 e. The van der Waals surface area contributed by atoms with E-state index in [1.807, 2.05) is 18.0 Å². The molecule has 3 rings (SSSR count). The first-order valence-electron chi connectivity index (χ1n) is 6.21. The van der Waals surface area contributed by atoms with Gasteiger partial charge in [-0.25, -0.2) is 0 Å². The Balaban J connectivity index is 2.01. The van der Waals surface area contributed by atoms with Crippen LogP contribution in [0.2, 0.25) is 5.02 Å². The molecule has 1 fully saturated rings. The summed E-state index contributed by atoms with van der Waals surface area (Å²) in [7, 11) is 1.94. The summed E-state index contributed by atoms with van der Waals surface area (Å²) < 4.78 is 0. The first kappa shape index (κ1) is 11.1. The molecule has 0 aromatic heterocycles. The van der Waals surface area contributed by atoms with Gasteiger partial charge in [-0.15, -0.1) is 0 Å². The molecule has 17 heavy (non-hydrogen) atoms. The molecular weight excluding hydrogens is 234 g/mol.